The van der Waals surface area contributed by atoms with Gasteiger partial charge >= 0.3 is 0 Å². The van der Waals surface area contributed by atoms with E-state index in [1.807, 2.05) is 31.2 Å². The molecule has 2 N–H and O–H groups in total. The van der Waals surface area contributed by atoms with Crippen LogP contribution in [-0.2, 0) is 0 Å². The molecule has 4 aromatic rings. The highest BCUT2D eigenvalue weighted by molar-refractivity contribution is 7.22. The van der Waals surface area contributed by atoms with Gasteiger partial charge in [0.25, 0.3) is 5.91 Å². The molecule has 2 heterocycles. The zero-order chi connectivity index (χ0) is 19.7. The second-order valence-electron chi connectivity index (χ2n) is 6.01. The molecule has 2 aromatic heterocycles. The number of thiazole rings is 1. The number of anilines is 1. The molecule has 0 saturated carbocycles. The number of nitrogens with one attached hydrogen (secondary N) is 2. The summed E-state index contributed by atoms with van der Waals surface area (Å²) in [7, 11) is 3.16. The van der Waals surface area contributed by atoms with Gasteiger partial charge in [-0.2, -0.15) is 0 Å². The van der Waals surface area contributed by atoms with E-state index in [4.69, 9.17) is 14.2 Å². The quantitative estimate of drug-likeness (QED) is 0.502. The highest BCUT2D eigenvalue weighted by atomic mass is 32.1. The van der Waals surface area contributed by atoms with Gasteiger partial charge in [0.1, 0.15) is 22.9 Å². The maximum atomic E-state index is 12.7. The molecule has 0 aliphatic heterocycles. The van der Waals surface area contributed by atoms with E-state index in [-0.39, 0.29) is 5.91 Å². The largest absolute Gasteiger partial charge is 0.497 e. The zero-order valence-electron chi connectivity index (χ0n) is 15.7. The molecule has 1 amide bonds. The molecule has 0 saturated heterocycles. The van der Waals surface area contributed by atoms with Crippen molar-refractivity contribution in [2.75, 3.05) is 26.1 Å². The fourth-order valence-electron chi connectivity index (χ4n) is 2.97. The van der Waals surface area contributed by atoms with E-state index in [0.717, 1.165) is 26.9 Å². The molecule has 0 aliphatic rings. The summed E-state index contributed by atoms with van der Waals surface area (Å²) in [4.78, 5) is 20.3. The number of amides is 1. The Labute approximate surface area is 165 Å². The van der Waals surface area contributed by atoms with E-state index >= 15 is 0 Å². The fraction of sp³-hybridized carbons (Fsp3) is 0.200. The number of carbonyl (C=O) groups is 1. The van der Waals surface area contributed by atoms with Crippen LogP contribution in [0.3, 0.4) is 0 Å². The van der Waals surface area contributed by atoms with Crippen LogP contribution in [0, 0.1) is 0 Å². The van der Waals surface area contributed by atoms with Crippen LogP contribution in [-0.4, -0.2) is 36.7 Å². The van der Waals surface area contributed by atoms with Crippen LogP contribution in [0.15, 0.2) is 36.4 Å². The molecular weight excluding hydrogens is 378 g/mol. The number of rotatable bonds is 6. The van der Waals surface area contributed by atoms with Gasteiger partial charge < -0.3 is 19.2 Å². The smallest absolute Gasteiger partial charge is 0.273 e. The third-order valence-electron chi connectivity index (χ3n) is 4.26. The molecule has 0 radical (unpaired) electrons. The maximum absolute atomic E-state index is 12.7. The van der Waals surface area contributed by atoms with Gasteiger partial charge in [-0.25, -0.2) is 4.98 Å². The molecule has 0 atom stereocenters. The second kappa shape index (κ2) is 7.40. The number of carbonyl (C=O) groups excluding carboxylic acids is 1. The van der Waals surface area contributed by atoms with E-state index in [1.54, 1.807) is 26.4 Å². The lowest BCUT2D eigenvalue weighted by Crippen LogP contribution is -2.11. The molecule has 28 heavy (non-hydrogen) atoms. The van der Waals surface area contributed by atoms with Crippen LogP contribution in [0.1, 0.15) is 17.4 Å². The molecule has 0 fully saturated rings. The van der Waals surface area contributed by atoms with Gasteiger partial charge in [-0.1, -0.05) is 11.3 Å². The number of nitrogens with zero attached hydrogens (tertiary/aromatic N) is 1. The minimum atomic E-state index is -0.277. The Kier molecular flexibility index (Phi) is 4.79. The minimum absolute atomic E-state index is 0.277. The number of fused-ring (bicyclic) bond motifs is 2. The summed E-state index contributed by atoms with van der Waals surface area (Å²) >= 11 is 1.40. The lowest BCUT2D eigenvalue weighted by atomic mass is 10.2. The Morgan fingerprint density at radius 3 is 2.75 bits per heavy atom. The highest BCUT2D eigenvalue weighted by Gasteiger charge is 2.15. The first-order chi connectivity index (χ1) is 13.6. The van der Waals surface area contributed by atoms with Crippen molar-refractivity contribution >= 4 is 43.5 Å². The second-order valence-corrected chi connectivity index (χ2v) is 7.04. The van der Waals surface area contributed by atoms with Crippen molar-refractivity contribution in [2.24, 2.45) is 0 Å². The van der Waals surface area contributed by atoms with Gasteiger partial charge in [-0.3, -0.25) is 10.1 Å². The van der Waals surface area contributed by atoms with Crippen molar-refractivity contribution in [3.63, 3.8) is 0 Å². The molecule has 2 aromatic carbocycles. The van der Waals surface area contributed by atoms with Crippen molar-refractivity contribution in [3.8, 4) is 17.2 Å². The Morgan fingerprint density at radius 2 is 2.00 bits per heavy atom. The van der Waals surface area contributed by atoms with E-state index in [1.165, 1.54) is 11.3 Å². The number of aromatic nitrogens is 2. The standard InChI is InChI=1S/C20H19N3O4S/c1-4-27-12-5-6-14-17(10-12)28-20(22-14)23-19(24)15-8-11-7-13(25-2)9-16(26-3)18(11)21-15/h5-10,21H,4H2,1-3H3,(H,22,23,24). The van der Waals surface area contributed by atoms with Gasteiger partial charge in [-0.15, -0.1) is 0 Å². The number of hydrogen-bond acceptors (Lipinski definition) is 6. The van der Waals surface area contributed by atoms with Crippen LogP contribution >= 0.6 is 11.3 Å². The van der Waals surface area contributed by atoms with Crippen LogP contribution in [0.5, 0.6) is 17.2 Å². The first-order valence-electron chi connectivity index (χ1n) is 8.70. The van der Waals surface area contributed by atoms with Crippen molar-refractivity contribution < 1.29 is 19.0 Å². The summed E-state index contributed by atoms with van der Waals surface area (Å²) in [6, 6.07) is 11.0. The van der Waals surface area contributed by atoms with Gasteiger partial charge in [0.2, 0.25) is 0 Å². The van der Waals surface area contributed by atoms with Crippen LogP contribution in [0.25, 0.3) is 21.1 Å². The summed E-state index contributed by atoms with van der Waals surface area (Å²) in [5.74, 6) is 1.78. The van der Waals surface area contributed by atoms with Crippen molar-refractivity contribution in [3.05, 3.63) is 42.1 Å². The normalized spacial score (nSPS) is 11.0. The van der Waals surface area contributed by atoms with E-state index < -0.39 is 0 Å². The van der Waals surface area contributed by atoms with E-state index in [9.17, 15) is 4.79 Å². The molecular formula is C20H19N3O4S. The first kappa shape index (κ1) is 18.1. The van der Waals surface area contributed by atoms with Crippen LogP contribution in [0.2, 0.25) is 0 Å². The number of hydrogen-bond donors (Lipinski definition) is 2. The van der Waals surface area contributed by atoms with E-state index in [0.29, 0.717) is 28.9 Å². The van der Waals surface area contributed by atoms with E-state index in [2.05, 4.69) is 15.3 Å². The lowest BCUT2D eigenvalue weighted by Gasteiger charge is -2.05. The molecule has 0 bridgehead atoms. The van der Waals surface area contributed by atoms with Gasteiger partial charge in [-0.05, 0) is 37.3 Å². The molecule has 0 unspecified atom stereocenters. The number of aromatic amines is 1. The average molecular weight is 397 g/mol. The Balaban J connectivity index is 1.62. The third kappa shape index (κ3) is 3.34. The number of ether oxygens (including phenoxy) is 3. The SMILES string of the molecule is CCOc1ccc2nc(NC(=O)c3cc4cc(OC)cc(OC)c4[nH]3)sc2c1. The molecule has 8 heteroatoms. The summed E-state index contributed by atoms with van der Waals surface area (Å²) in [5, 5.41) is 4.20. The third-order valence-corrected chi connectivity index (χ3v) is 5.19. The molecule has 4 rings (SSSR count). The van der Waals surface area contributed by atoms with Crippen molar-refractivity contribution in [1.82, 2.24) is 9.97 Å². The lowest BCUT2D eigenvalue weighted by molar-refractivity contribution is 0.102. The van der Waals surface area contributed by atoms with Crippen molar-refractivity contribution in [2.45, 2.75) is 6.92 Å². The first-order valence-corrected chi connectivity index (χ1v) is 9.52. The fourth-order valence-corrected chi connectivity index (χ4v) is 3.85. The summed E-state index contributed by atoms with van der Waals surface area (Å²) in [6.45, 7) is 2.54. The molecule has 7 nitrogen and oxygen atoms in total. The van der Waals surface area contributed by atoms with Crippen LogP contribution < -0.4 is 19.5 Å². The minimum Gasteiger partial charge on any atom is -0.497 e. The average Bonchev–Trinajstić information content (AvgIpc) is 3.30. The summed E-state index contributed by atoms with van der Waals surface area (Å²) in [5.41, 5.74) is 1.96. The monoisotopic (exact) mass is 397 g/mol. The predicted octanol–water partition coefficient (Wildman–Crippen LogP) is 4.45. The topological polar surface area (TPSA) is 85.5 Å². The predicted molar refractivity (Wildman–Crippen MR) is 110 cm³/mol. The number of benzene rings is 2. The van der Waals surface area contributed by atoms with Gasteiger partial charge in [0.15, 0.2) is 5.13 Å². The Bertz CT molecular complexity index is 1170. The summed E-state index contributed by atoms with van der Waals surface area (Å²) in [6.07, 6.45) is 0. The highest BCUT2D eigenvalue weighted by Crippen LogP contribution is 2.32. The molecule has 0 aliphatic carbocycles. The maximum Gasteiger partial charge on any atom is 0.273 e. The van der Waals surface area contributed by atoms with Gasteiger partial charge in [0, 0.05) is 11.5 Å². The zero-order valence-corrected chi connectivity index (χ0v) is 16.5. The molecule has 0 spiro atoms. The van der Waals surface area contributed by atoms with Crippen molar-refractivity contribution in [1.29, 1.82) is 0 Å². The number of H-pyrrole nitrogens is 1. The Hall–Kier alpha value is -3.26. The Morgan fingerprint density at radius 1 is 1.14 bits per heavy atom. The molecule has 144 valence electrons. The summed E-state index contributed by atoms with van der Waals surface area (Å²) < 4.78 is 17.1. The van der Waals surface area contributed by atoms with Crippen LogP contribution in [0.4, 0.5) is 5.13 Å². The van der Waals surface area contributed by atoms with Gasteiger partial charge in [0.05, 0.1) is 36.6 Å². The number of methoxy groups -OCH3 is 2.